The maximum Gasteiger partial charge on any atom is 0.232 e. The lowest BCUT2D eigenvalue weighted by molar-refractivity contribution is -0.116. The summed E-state index contributed by atoms with van der Waals surface area (Å²) in [6, 6.07) is 11.4. The van der Waals surface area contributed by atoms with Gasteiger partial charge < -0.3 is 5.32 Å². The van der Waals surface area contributed by atoms with Gasteiger partial charge in [-0.25, -0.2) is 12.8 Å². The number of carbonyl (C=O) groups excluding carboxylic acids is 1. The molecule has 1 unspecified atom stereocenters. The van der Waals surface area contributed by atoms with E-state index in [-0.39, 0.29) is 24.1 Å². The van der Waals surface area contributed by atoms with Gasteiger partial charge in [-0.3, -0.25) is 9.10 Å². The monoisotopic (exact) mass is 376 g/mol. The van der Waals surface area contributed by atoms with Crippen LogP contribution in [0.4, 0.5) is 15.8 Å². The van der Waals surface area contributed by atoms with Gasteiger partial charge >= 0.3 is 0 Å². The van der Waals surface area contributed by atoms with Crippen LogP contribution in [0.15, 0.2) is 42.5 Å². The Kier molecular flexibility index (Phi) is 5.00. The van der Waals surface area contributed by atoms with Crippen LogP contribution in [-0.4, -0.2) is 27.1 Å². The predicted molar refractivity (Wildman–Crippen MR) is 100 cm³/mol. The van der Waals surface area contributed by atoms with Crippen LogP contribution < -0.4 is 9.62 Å². The summed E-state index contributed by atoms with van der Waals surface area (Å²) in [5.41, 5.74) is 3.03. The molecule has 0 fully saturated rings. The number of hydrogen-bond donors (Lipinski definition) is 1. The molecule has 26 heavy (non-hydrogen) atoms. The Morgan fingerprint density at radius 3 is 2.58 bits per heavy atom. The zero-order valence-corrected chi connectivity index (χ0v) is 15.5. The third-order valence-corrected chi connectivity index (χ3v) is 5.73. The van der Waals surface area contributed by atoms with Crippen molar-refractivity contribution >= 4 is 27.3 Å². The fourth-order valence-electron chi connectivity index (χ4n) is 3.17. The number of fused-ring (bicyclic) bond motifs is 1. The van der Waals surface area contributed by atoms with Crippen LogP contribution in [0.5, 0.6) is 0 Å². The molecule has 5 nitrogen and oxygen atoms in total. The number of benzene rings is 2. The van der Waals surface area contributed by atoms with Crippen molar-refractivity contribution in [3.8, 4) is 0 Å². The second-order valence-corrected chi connectivity index (χ2v) is 8.54. The molecule has 0 radical (unpaired) electrons. The standard InChI is InChI=1S/C19H21FN2O3S/c1-13(14-3-6-16(20)7-4-14)11-19(23)21-17-8-5-15-9-10-22(18(15)12-17)26(2,24)25/h3-8,12-13H,9-11H2,1-2H3,(H,21,23). The van der Waals surface area contributed by atoms with Crippen molar-refractivity contribution in [3.05, 3.63) is 59.4 Å². The van der Waals surface area contributed by atoms with Gasteiger partial charge in [-0.1, -0.05) is 25.1 Å². The number of nitrogens with one attached hydrogen (secondary N) is 1. The van der Waals surface area contributed by atoms with Gasteiger partial charge in [-0.15, -0.1) is 0 Å². The van der Waals surface area contributed by atoms with Crippen LogP contribution in [0.2, 0.25) is 0 Å². The lowest BCUT2D eigenvalue weighted by atomic mass is 9.97. The van der Waals surface area contributed by atoms with Gasteiger partial charge in [0.2, 0.25) is 15.9 Å². The number of sulfonamides is 1. The van der Waals surface area contributed by atoms with E-state index in [1.807, 2.05) is 13.0 Å². The van der Waals surface area contributed by atoms with Gasteiger partial charge in [-0.2, -0.15) is 0 Å². The van der Waals surface area contributed by atoms with Crippen molar-refractivity contribution in [1.82, 2.24) is 0 Å². The Morgan fingerprint density at radius 1 is 1.23 bits per heavy atom. The molecule has 1 heterocycles. The van der Waals surface area contributed by atoms with Crippen LogP contribution in [-0.2, 0) is 21.2 Å². The number of nitrogens with zero attached hydrogens (tertiary/aromatic N) is 1. The average molecular weight is 376 g/mol. The van der Waals surface area contributed by atoms with Crippen LogP contribution >= 0.6 is 0 Å². The molecule has 2 aromatic rings. The van der Waals surface area contributed by atoms with Crippen molar-refractivity contribution in [1.29, 1.82) is 0 Å². The highest BCUT2D eigenvalue weighted by Gasteiger charge is 2.26. The molecule has 1 N–H and O–H groups in total. The Bertz CT molecular complexity index is 926. The summed E-state index contributed by atoms with van der Waals surface area (Å²) in [6.45, 7) is 2.33. The van der Waals surface area contributed by atoms with E-state index in [0.717, 1.165) is 11.1 Å². The largest absolute Gasteiger partial charge is 0.326 e. The number of hydrogen-bond acceptors (Lipinski definition) is 3. The van der Waals surface area contributed by atoms with Gasteiger partial charge in [0.05, 0.1) is 11.9 Å². The molecule has 0 aromatic heterocycles. The van der Waals surface area contributed by atoms with Crippen LogP contribution in [0.3, 0.4) is 0 Å². The van der Waals surface area contributed by atoms with Crippen molar-refractivity contribution in [2.45, 2.75) is 25.7 Å². The fourth-order valence-corrected chi connectivity index (χ4v) is 4.12. The quantitative estimate of drug-likeness (QED) is 0.871. The summed E-state index contributed by atoms with van der Waals surface area (Å²) in [7, 11) is -3.33. The molecule has 0 aliphatic carbocycles. The van der Waals surface area contributed by atoms with E-state index >= 15 is 0 Å². The Hall–Kier alpha value is -2.41. The molecule has 1 atom stereocenters. The summed E-state index contributed by atoms with van der Waals surface area (Å²) in [4.78, 5) is 12.3. The molecule has 7 heteroatoms. The fraction of sp³-hybridized carbons (Fsp3) is 0.316. The SMILES string of the molecule is CC(CC(=O)Nc1ccc2c(c1)N(S(C)(=O)=O)CC2)c1ccc(F)cc1. The first kappa shape index (κ1) is 18.4. The topological polar surface area (TPSA) is 66.5 Å². The van der Waals surface area contributed by atoms with Crippen molar-refractivity contribution in [2.24, 2.45) is 0 Å². The third-order valence-electron chi connectivity index (χ3n) is 4.55. The number of rotatable bonds is 5. The highest BCUT2D eigenvalue weighted by molar-refractivity contribution is 7.92. The lowest BCUT2D eigenvalue weighted by Crippen LogP contribution is -2.27. The highest BCUT2D eigenvalue weighted by atomic mass is 32.2. The van der Waals surface area contributed by atoms with Gasteiger partial charge in [0, 0.05) is 18.7 Å². The zero-order chi connectivity index (χ0) is 18.9. The molecule has 0 saturated heterocycles. The molecule has 138 valence electrons. The maximum absolute atomic E-state index is 13.0. The van der Waals surface area contributed by atoms with Crippen LogP contribution in [0.25, 0.3) is 0 Å². The minimum Gasteiger partial charge on any atom is -0.326 e. The Morgan fingerprint density at radius 2 is 1.92 bits per heavy atom. The van der Waals surface area contributed by atoms with Crippen LogP contribution in [0.1, 0.15) is 30.4 Å². The van der Waals surface area contributed by atoms with E-state index in [2.05, 4.69) is 5.32 Å². The van der Waals surface area contributed by atoms with E-state index in [9.17, 15) is 17.6 Å². The molecule has 0 spiro atoms. The first-order chi connectivity index (χ1) is 12.2. The molecular weight excluding hydrogens is 355 g/mol. The Labute approximate surface area is 152 Å². The number of carbonyl (C=O) groups is 1. The molecule has 2 aromatic carbocycles. The maximum atomic E-state index is 13.0. The molecule has 1 aliphatic heterocycles. The van der Waals surface area contributed by atoms with Crippen molar-refractivity contribution < 1.29 is 17.6 Å². The Balaban J connectivity index is 1.69. The van der Waals surface area contributed by atoms with Crippen LogP contribution in [0, 0.1) is 5.82 Å². The normalized spacial score (nSPS) is 14.8. The third kappa shape index (κ3) is 4.04. The summed E-state index contributed by atoms with van der Waals surface area (Å²) >= 11 is 0. The van der Waals surface area contributed by atoms with Crippen molar-refractivity contribution in [2.75, 3.05) is 22.4 Å². The summed E-state index contributed by atoms with van der Waals surface area (Å²) < 4.78 is 38.1. The van der Waals surface area contributed by atoms with E-state index < -0.39 is 10.0 Å². The molecule has 1 amide bonds. The van der Waals surface area contributed by atoms with Gasteiger partial charge in [0.1, 0.15) is 5.82 Å². The molecule has 0 bridgehead atoms. The predicted octanol–water partition coefficient (Wildman–Crippen LogP) is 3.28. The average Bonchev–Trinajstić information content (AvgIpc) is 2.98. The molecule has 1 aliphatic rings. The van der Waals surface area contributed by atoms with E-state index in [4.69, 9.17) is 0 Å². The number of amides is 1. The summed E-state index contributed by atoms with van der Waals surface area (Å²) in [5, 5.41) is 2.82. The summed E-state index contributed by atoms with van der Waals surface area (Å²) in [5.74, 6) is -0.540. The number of anilines is 2. The van der Waals surface area contributed by atoms with E-state index in [0.29, 0.717) is 24.3 Å². The smallest absolute Gasteiger partial charge is 0.232 e. The second-order valence-electron chi connectivity index (χ2n) is 6.63. The van der Waals surface area contributed by atoms with Gasteiger partial charge in [-0.05, 0) is 47.7 Å². The number of halogens is 1. The first-order valence-electron chi connectivity index (χ1n) is 8.40. The minimum atomic E-state index is -3.33. The van der Waals surface area contributed by atoms with Gasteiger partial charge in [0.25, 0.3) is 0 Å². The van der Waals surface area contributed by atoms with E-state index in [1.165, 1.54) is 22.7 Å². The zero-order valence-electron chi connectivity index (χ0n) is 14.7. The molecule has 3 rings (SSSR count). The first-order valence-corrected chi connectivity index (χ1v) is 10.2. The molecular formula is C19H21FN2O3S. The molecule has 0 saturated carbocycles. The van der Waals surface area contributed by atoms with E-state index in [1.54, 1.807) is 24.3 Å². The lowest BCUT2D eigenvalue weighted by Gasteiger charge is -2.17. The van der Waals surface area contributed by atoms with Gasteiger partial charge in [0.15, 0.2) is 0 Å². The highest BCUT2D eigenvalue weighted by Crippen LogP contribution is 2.32. The second kappa shape index (κ2) is 7.07. The summed E-state index contributed by atoms with van der Waals surface area (Å²) in [6.07, 6.45) is 2.09. The minimum absolute atomic E-state index is 0.0578. The van der Waals surface area contributed by atoms with Crippen molar-refractivity contribution in [3.63, 3.8) is 0 Å².